The molecule has 12 rings (SSSR count). The first-order chi connectivity index (χ1) is 37.0. The number of hydrogen-bond acceptors (Lipinski definition) is 11. The summed E-state index contributed by atoms with van der Waals surface area (Å²) in [7, 11) is 1.72. The third kappa shape index (κ3) is 8.98. The van der Waals surface area contributed by atoms with Crippen LogP contribution in [0.1, 0.15) is 33.4 Å². The molecule has 8 aromatic carbocycles. The van der Waals surface area contributed by atoms with Crippen LogP contribution in [0, 0.1) is 0 Å². The topological polar surface area (TPSA) is 153 Å². The number of aliphatic imine (C=N–C) groups is 3. The molecule has 1 aliphatic rings. The van der Waals surface area contributed by atoms with E-state index in [9.17, 15) is 0 Å². The smallest absolute Gasteiger partial charge is 0.163 e. The van der Waals surface area contributed by atoms with Crippen molar-refractivity contribution in [2.45, 2.75) is 15.2 Å². The maximum Gasteiger partial charge on any atom is 0.163 e. The average molecular weight is 987 g/mol. The molecule has 11 aromatic rings. The van der Waals surface area contributed by atoms with Gasteiger partial charge in [-0.05, 0) is 77.5 Å². The van der Waals surface area contributed by atoms with Gasteiger partial charge < -0.3 is 0 Å². The largest absolute Gasteiger partial charge is 0.270 e. The molecule has 0 saturated carbocycles. The van der Waals surface area contributed by atoms with Crippen LogP contribution in [0.3, 0.4) is 0 Å². The van der Waals surface area contributed by atoms with Crippen LogP contribution in [0.4, 0.5) is 0 Å². The van der Waals surface area contributed by atoms with Gasteiger partial charge in [0.2, 0.25) is 0 Å². The fourth-order valence-corrected chi connectivity index (χ4v) is 10.8. The molecule has 1 aliphatic heterocycles. The number of amidine groups is 2. The van der Waals surface area contributed by atoms with E-state index in [1.54, 1.807) is 37.8 Å². The minimum Gasteiger partial charge on any atom is -0.270 e. The van der Waals surface area contributed by atoms with Crippen molar-refractivity contribution >= 4 is 30.2 Å². The van der Waals surface area contributed by atoms with E-state index >= 15 is 0 Å². The lowest BCUT2D eigenvalue weighted by molar-refractivity contribution is 0.703. The Labute approximate surface area is 437 Å². The predicted molar refractivity (Wildman–Crippen MR) is 297 cm³/mol. The van der Waals surface area contributed by atoms with Crippen LogP contribution in [-0.4, -0.2) is 70.3 Å². The molecule has 0 N–H and O–H groups in total. The van der Waals surface area contributed by atoms with Crippen molar-refractivity contribution in [3.63, 3.8) is 0 Å². The molecule has 4 heterocycles. The second-order valence-corrected chi connectivity index (χ2v) is 18.5. The molecular formula is C62H42N12S. The first-order valence-electron chi connectivity index (χ1n) is 24.1. The third-order valence-electron chi connectivity index (χ3n) is 13.0. The van der Waals surface area contributed by atoms with Gasteiger partial charge in [-0.2, -0.15) is 0 Å². The zero-order valence-electron chi connectivity index (χ0n) is 40.3. The highest BCUT2D eigenvalue weighted by atomic mass is 32.2. The normalized spacial score (nSPS) is 12.9. The Kier molecular flexibility index (Phi) is 12.5. The van der Waals surface area contributed by atoms with E-state index in [0.29, 0.717) is 57.7 Å². The van der Waals surface area contributed by atoms with Crippen molar-refractivity contribution in [1.29, 1.82) is 0 Å². The number of rotatable bonds is 10. The maximum absolute atomic E-state index is 5.13. The van der Waals surface area contributed by atoms with E-state index in [0.717, 1.165) is 65.4 Å². The molecule has 356 valence electrons. The van der Waals surface area contributed by atoms with Gasteiger partial charge in [0, 0.05) is 61.3 Å². The molecule has 13 heteroatoms. The first kappa shape index (κ1) is 46.2. The molecule has 0 fully saturated rings. The van der Waals surface area contributed by atoms with E-state index in [4.69, 9.17) is 34.9 Å². The molecule has 12 nitrogen and oxygen atoms in total. The summed E-state index contributed by atoms with van der Waals surface area (Å²) >= 11 is 1.73. The number of nitrogens with zero attached hydrogens (tertiary/aromatic N) is 12. The van der Waals surface area contributed by atoms with E-state index < -0.39 is 5.41 Å². The molecule has 0 spiro atoms. The molecule has 0 saturated heterocycles. The third-order valence-corrected chi connectivity index (χ3v) is 14.1. The fraction of sp³-hybridized carbons (Fsp3) is 0.0323. The second-order valence-electron chi connectivity index (χ2n) is 17.4. The van der Waals surface area contributed by atoms with Crippen LogP contribution in [0.2, 0.25) is 0 Å². The highest BCUT2D eigenvalue weighted by Gasteiger charge is 2.45. The van der Waals surface area contributed by atoms with E-state index in [1.165, 1.54) is 0 Å². The SMILES string of the molecule is C=NC(=NC(=NC)c1ccccc1)c1cc(-c2ncnc(-c3ccccc3)n2)cc(C2(c3cc(-c4ncnc(-c5ccccc5)n4)cc(-c4ncnc(-c5ccccc5)n4)c3)c3ccccc3Sc3ccccc32)c1. The Balaban J connectivity index is 1.19. The number of benzene rings is 8. The van der Waals surface area contributed by atoms with Gasteiger partial charge >= 0.3 is 0 Å². The van der Waals surface area contributed by atoms with Crippen LogP contribution in [0.15, 0.2) is 250 Å². The van der Waals surface area contributed by atoms with Crippen molar-refractivity contribution in [1.82, 2.24) is 44.9 Å². The summed E-state index contributed by atoms with van der Waals surface area (Å²) < 4.78 is 0. The summed E-state index contributed by atoms with van der Waals surface area (Å²) in [5.41, 5.74) is 8.95. The summed E-state index contributed by atoms with van der Waals surface area (Å²) in [5, 5.41) is 0. The van der Waals surface area contributed by atoms with Crippen LogP contribution < -0.4 is 0 Å². The summed E-state index contributed by atoms with van der Waals surface area (Å²) in [5.74, 6) is 3.85. The average Bonchev–Trinajstić information content (AvgIpc) is 3.50. The molecule has 75 heavy (non-hydrogen) atoms. The van der Waals surface area contributed by atoms with Crippen LogP contribution in [-0.2, 0) is 5.41 Å². The van der Waals surface area contributed by atoms with Gasteiger partial charge in [-0.25, -0.2) is 54.8 Å². The van der Waals surface area contributed by atoms with Gasteiger partial charge in [-0.15, -0.1) is 0 Å². The molecule has 0 bridgehead atoms. The molecule has 0 radical (unpaired) electrons. The van der Waals surface area contributed by atoms with E-state index in [-0.39, 0.29) is 0 Å². The lowest BCUT2D eigenvalue weighted by atomic mass is 9.64. The summed E-state index contributed by atoms with van der Waals surface area (Å²) in [6.07, 6.45) is 4.68. The van der Waals surface area contributed by atoms with Gasteiger partial charge in [0.05, 0.1) is 5.41 Å². The van der Waals surface area contributed by atoms with Crippen molar-refractivity contribution < 1.29 is 0 Å². The van der Waals surface area contributed by atoms with Crippen molar-refractivity contribution in [2.75, 3.05) is 7.05 Å². The minimum atomic E-state index is -1.08. The number of fused-ring (bicyclic) bond motifs is 2. The highest BCUT2D eigenvalue weighted by molar-refractivity contribution is 7.99. The molecule has 3 aromatic heterocycles. The van der Waals surface area contributed by atoms with Gasteiger partial charge in [0.25, 0.3) is 0 Å². The van der Waals surface area contributed by atoms with Crippen molar-refractivity contribution in [3.8, 4) is 68.3 Å². The second kappa shape index (κ2) is 20.3. The summed E-state index contributed by atoms with van der Waals surface area (Å²) in [6, 6.07) is 69.3. The highest BCUT2D eigenvalue weighted by Crippen LogP contribution is 2.57. The molecule has 0 amide bonds. The number of hydrogen-bond donors (Lipinski definition) is 0. The van der Waals surface area contributed by atoms with Crippen LogP contribution >= 0.6 is 11.8 Å². The lowest BCUT2D eigenvalue weighted by Gasteiger charge is -2.42. The molecule has 0 atom stereocenters. The zero-order chi connectivity index (χ0) is 50.6. The molecule has 0 aliphatic carbocycles. The van der Waals surface area contributed by atoms with E-state index in [1.807, 2.05) is 133 Å². The van der Waals surface area contributed by atoms with Gasteiger partial charge in [0.1, 0.15) is 19.0 Å². The Morgan fingerprint density at radius 3 is 1.19 bits per heavy atom. The van der Waals surface area contributed by atoms with E-state index in [2.05, 4.69) is 104 Å². The van der Waals surface area contributed by atoms with Gasteiger partial charge in [0.15, 0.2) is 46.6 Å². The van der Waals surface area contributed by atoms with Gasteiger partial charge in [-0.1, -0.05) is 169 Å². The maximum atomic E-state index is 5.13. The lowest BCUT2D eigenvalue weighted by Crippen LogP contribution is -2.34. The Bertz CT molecular complexity index is 3820. The minimum absolute atomic E-state index is 0.355. The Morgan fingerprint density at radius 1 is 0.387 bits per heavy atom. The standard InChI is InChI=1S/C62H42N12S/c1-63-54(40-19-7-3-8-20-40)71-55(64-2)44-31-45(59-68-37-65-56(72-59)41-21-9-4-10-22-41)34-48(33-44)62(50-27-15-17-29-52(50)75-53-30-18-16-28-51(53)62)49-35-46(60-69-38-66-57(73-60)42-23-11-5-12-24-42)32-47(36-49)61-70-39-67-58(74-61)43-25-13-6-14-26-43/h3-39H,2H2,1H3. The van der Waals surface area contributed by atoms with Crippen molar-refractivity contribution in [3.05, 3.63) is 259 Å². The van der Waals surface area contributed by atoms with Crippen LogP contribution in [0.5, 0.6) is 0 Å². The Hall–Kier alpha value is -9.85. The molecular weight excluding hydrogens is 945 g/mol. The predicted octanol–water partition coefficient (Wildman–Crippen LogP) is 12.6. The van der Waals surface area contributed by atoms with Crippen molar-refractivity contribution in [2.24, 2.45) is 15.0 Å². The fourth-order valence-electron chi connectivity index (χ4n) is 9.60. The van der Waals surface area contributed by atoms with Crippen LogP contribution in [0.25, 0.3) is 68.3 Å². The number of aromatic nitrogens is 9. The summed E-state index contributed by atoms with van der Waals surface area (Å²) in [6.45, 7) is 4.09. The summed E-state index contributed by atoms with van der Waals surface area (Å²) in [4.78, 5) is 60.4. The monoisotopic (exact) mass is 986 g/mol. The zero-order valence-corrected chi connectivity index (χ0v) is 41.2. The molecule has 0 unspecified atom stereocenters. The first-order valence-corrected chi connectivity index (χ1v) is 24.9. The quantitative estimate of drug-likeness (QED) is 0.0955. The van der Waals surface area contributed by atoms with Gasteiger partial charge in [-0.3, -0.25) is 4.99 Å². The Morgan fingerprint density at radius 2 is 0.760 bits per heavy atom.